The highest BCUT2D eigenvalue weighted by Gasteiger charge is 2.33. The third-order valence-corrected chi connectivity index (χ3v) is 8.33. The lowest BCUT2D eigenvalue weighted by molar-refractivity contribution is 0.0636. The molecule has 0 aliphatic carbocycles. The summed E-state index contributed by atoms with van der Waals surface area (Å²) in [6.45, 7) is 0.281. The monoisotopic (exact) mass is 560 g/mol. The van der Waals surface area contributed by atoms with Crippen molar-refractivity contribution in [2.75, 3.05) is 48.5 Å². The van der Waals surface area contributed by atoms with Gasteiger partial charge in [0.2, 0.25) is 12.5 Å². The maximum Gasteiger partial charge on any atom is 0.333 e. The standard InChI is InChI=1S/C28H33O10P/c1-31-25-11-19(12-26(32-2)28(25)33-3)27(36-15-18-9-7-6-8-10-18)21-14-24-23(37-17-38-24)13-20(21)22(29)16-39(30,34-4)35-5/h6-14,22,27,29H,15-17H2,1-5H3. The Morgan fingerprint density at radius 1 is 0.846 bits per heavy atom. The molecule has 0 radical (unpaired) electrons. The molecule has 2 atom stereocenters. The average molecular weight is 561 g/mol. The highest BCUT2D eigenvalue weighted by Crippen LogP contribution is 2.51. The number of hydrogen-bond donors (Lipinski definition) is 1. The van der Waals surface area contributed by atoms with Crippen LogP contribution in [0.1, 0.15) is 34.5 Å². The van der Waals surface area contributed by atoms with E-state index < -0.39 is 19.8 Å². The van der Waals surface area contributed by atoms with Crippen LogP contribution in [-0.4, -0.2) is 53.6 Å². The Bertz CT molecular complexity index is 1280. The van der Waals surface area contributed by atoms with Gasteiger partial charge in [-0.2, -0.15) is 0 Å². The molecule has 11 heteroatoms. The van der Waals surface area contributed by atoms with Crippen LogP contribution in [0, 0.1) is 0 Å². The van der Waals surface area contributed by atoms with Crippen LogP contribution < -0.4 is 23.7 Å². The molecule has 10 nitrogen and oxygen atoms in total. The summed E-state index contributed by atoms with van der Waals surface area (Å²) in [5.74, 6) is 2.24. The Hall–Kier alpha value is -3.27. The van der Waals surface area contributed by atoms with Gasteiger partial charge < -0.3 is 42.6 Å². The Balaban J connectivity index is 1.87. The predicted molar refractivity (Wildman–Crippen MR) is 143 cm³/mol. The molecule has 1 aliphatic rings. The van der Waals surface area contributed by atoms with E-state index in [1.54, 1.807) is 24.3 Å². The highest BCUT2D eigenvalue weighted by atomic mass is 31.2. The molecule has 210 valence electrons. The smallest absolute Gasteiger partial charge is 0.333 e. The topological polar surface area (TPSA) is 111 Å². The van der Waals surface area contributed by atoms with Gasteiger partial charge >= 0.3 is 7.60 Å². The summed E-state index contributed by atoms with van der Waals surface area (Å²) in [5, 5.41) is 11.3. The first-order chi connectivity index (χ1) is 18.9. The van der Waals surface area contributed by atoms with E-state index in [9.17, 15) is 9.67 Å². The Kier molecular flexibility index (Phi) is 9.37. The van der Waals surface area contributed by atoms with Crippen molar-refractivity contribution in [3.63, 3.8) is 0 Å². The molecule has 39 heavy (non-hydrogen) atoms. The van der Waals surface area contributed by atoms with E-state index in [0.29, 0.717) is 45.4 Å². The second kappa shape index (κ2) is 12.7. The van der Waals surface area contributed by atoms with Crippen LogP contribution in [0.4, 0.5) is 0 Å². The molecule has 1 aliphatic heterocycles. The van der Waals surface area contributed by atoms with Crippen LogP contribution in [0.5, 0.6) is 28.7 Å². The molecule has 3 aromatic carbocycles. The zero-order valence-electron chi connectivity index (χ0n) is 22.5. The molecule has 0 saturated heterocycles. The number of rotatable bonds is 13. The molecule has 4 rings (SSSR count). The zero-order chi connectivity index (χ0) is 28.0. The van der Waals surface area contributed by atoms with Crippen molar-refractivity contribution in [2.45, 2.75) is 18.8 Å². The first-order valence-electron chi connectivity index (χ1n) is 12.1. The normalized spacial score (nSPS) is 14.1. The number of fused-ring (bicyclic) bond motifs is 1. The van der Waals surface area contributed by atoms with E-state index in [0.717, 1.165) is 5.56 Å². The van der Waals surface area contributed by atoms with Crippen molar-refractivity contribution in [3.8, 4) is 28.7 Å². The highest BCUT2D eigenvalue weighted by molar-refractivity contribution is 7.53. The van der Waals surface area contributed by atoms with Gasteiger partial charge in [0.25, 0.3) is 0 Å². The van der Waals surface area contributed by atoms with Crippen molar-refractivity contribution in [1.82, 2.24) is 0 Å². The summed E-state index contributed by atoms with van der Waals surface area (Å²) < 4.78 is 57.5. The minimum atomic E-state index is -3.56. The third-order valence-electron chi connectivity index (χ3n) is 6.42. The number of benzene rings is 3. The van der Waals surface area contributed by atoms with Crippen LogP contribution in [0.25, 0.3) is 0 Å². The lowest BCUT2D eigenvalue weighted by Crippen LogP contribution is -2.15. The first-order valence-corrected chi connectivity index (χ1v) is 13.9. The quantitative estimate of drug-likeness (QED) is 0.278. The summed E-state index contributed by atoms with van der Waals surface area (Å²) in [6, 6.07) is 16.7. The minimum Gasteiger partial charge on any atom is -0.493 e. The molecule has 1 heterocycles. The lowest BCUT2D eigenvalue weighted by Gasteiger charge is -2.26. The minimum absolute atomic E-state index is 0.0304. The van der Waals surface area contributed by atoms with Crippen molar-refractivity contribution in [2.24, 2.45) is 0 Å². The summed E-state index contributed by atoms with van der Waals surface area (Å²) >= 11 is 0. The van der Waals surface area contributed by atoms with Crippen LogP contribution in [0.15, 0.2) is 54.6 Å². The van der Waals surface area contributed by atoms with Crippen molar-refractivity contribution < 1.29 is 47.1 Å². The maximum atomic E-state index is 12.9. The Morgan fingerprint density at radius 2 is 1.44 bits per heavy atom. The maximum absolute atomic E-state index is 12.9. The number of hydrogen-bond acceptors (Lipinski definition) is 10. The Labute approximate surface area is 227 Å². The van der Waals surface area contributed by atoms with E-state index in [-0.39, 0.29) is 19.6 Å². The van der Waals surface area contributed by atoms with Crippen LogP contribution >= 0.6 is 7.60 Å². The van der Waals surface area contributed by atoms with E-state index in [4.69, 9.17) is 37.5 Å². The fourth-order valence-corrected chi connectivity index (χ4v) is 5.46. The molecule has 0 amide bonds. The SMILES string of the molecule is COc1cc(C(OCc2ccccc2)c2cc3c(cc2C(O)CP(=O)(OC)OC)OCO3)cc(OC)c1OC. The third kappa shape index (κ3) is 6.32. The van der Waals surface area contributed by atoms with E-state index in [1.807, 2.05) is 30.3 Å². The summed E-state index contributed by atoms with van der Waals surface area (Å²) in [5.41, 5.74) is 2.59. The van der Waals surface area contributed by atoms with Gasteiger partial charge in [0.05, 0.1) is 40.2 Å². The van der Waals surface area contributed by atoms with Gasteiger partial charge in [-0.1, -0.05) is 30.3 Å². The average Bonchev–Trinajstić information content (AvgIpc) is 3.44. The molecule has 0 saturated carbocycles. The van der Waals surface area contributed by atoms with Gasteiger partial charge in [-0.3, -0.25) is 4.57 Å². The van der Waals surface area contributed by atoms with Crippen molar-refractivity contribution in [1.29, 1.82) is 0 Å². The van der Waals surface area contributed by atoms with E-state index in [2.05, 4.69) is 0 Å². The number of aliphatic hydroxyl groups excluding tert-OH is 1. The van der Waals surface area contributed by atoms with Gasteiger partial charge in [-0.25, -0.2) is 0 Å². The number of aliphatic hydroxyl groups is 1. The Morgan fingerprint density at radius 3 is 1.97 bits per heavy atom. The largest absolute Gasteiger partial charge is 0.493 e. The molecule has 0 aromatic heterocycles. The number of ether oxygens (including phenoxy) is 6. The van der Waals surface area contributed by atoms with Crippen molar-refractivity contribution >= 4 is 7.60 Å². The first kappa shape index (κ1) is 28.7. The molecular weight excluding hydrogens is 527 g/mol. The van der Waals surface area contributed by atoms with E-state index in [1.165, 1.54) is 35.5 Å². The predicted octanol–water partition coefficient (Wildman–Crippen LogP) is 5.27. The summed E-state index contributed by atoms with van der Waals surface area (Å²) in [7, 11) is 3.58. The number of methoxy groups -OCH3 is 3. The molecular formula is C28H33O10P. The van der Waals surface area contributed by atoms with Gasteiger partial charge in [-0.05, 0) is 46.5 Å². The van der Waals surface area contributed by atoms with Crippen LogP contribution in [-0.2, 0) is 25.0 Å². The fourth-order valence-electron chi connectivity index (χ4n) is 4.39. The molecule has 0 spiro atoms. The van der Waals surface area contributed by atoms with Crippen molar-refractivity contribution in [3.05, 3.63) is 76.9 Å². The molecule has 3 aromatic rings. The second-order valence-electron chi connectivity index (χ2n) is 8.64. The van der Waals surface area contributed by atoms with Gasteiger partial charge in [0.15, 0.2) is 23.0 Å². The fraction of sp³-hybridized carbons (Fsp3) is 0.357. The second-order valence-corrected chi connectivity index (χ2v) is 11.0. The van der Waals surface area contributed by atoms with Crippen LogP contribution in [0.3, 0.4) is 0 Å². The summed E-state index contributed by atoms with van der Waals surface area (Å²) in [4.78, 5) is 0. The van der Waals surface area contributed by atoms with Gasteiger partial charge in [0, 0.05) is 14.2 Å². The molecule has 2 unspecified atom stereocenters. The molecule has 0 bridgehead atoms. The van der Waals surface area contributed by atoms with Gasteiger partial charge in [0.1, 0.15) is 6.10 Å². The van der Waals surface area contributed by atoms with Crippen LogP contribution in [0.2, 0.25) is 0 Å². The van der Waals surface area contributed by atoms with Gasteiger partial charge in [-0.15, -0.1) is 0 Å². The summed E-state index contributed by atoms with van der Waals surface area (Å²) in [6.07, 6.45) is -2.28. The van der Waals surface area contributed by atoms with E-state index >= 15 is 0 Å². The lowest BCUT2D eigenvalue weighted by atomic mass is 9.93. The zero-order valence-corrected chi connectivity index (χ0v) is 23.4. The molecule has 1 N–H and O–H groups in total. The molecule has 0 fully saturated rings.